The molecule has 0 unspecified atom stereocenters. The van der Waals surface area contributed by atoms with Crippen LogP contribution in [0.2, 0.25) is 0 Å². The van der Waals surface area contributed by atoms with E-state index in [4.69, 9.17) is 11.6 Å². The summed E-state index contributed by atoms with van der Waals surface area (Å²) < 4.78 is 1.50. The van der Waals surface area contributed by atoms with Gasteiger partial charge in [0.1, 0.15) is 5.69 Å². The van der Waals surface area contributed by atoms with Gasteiger partial charge >= 0.3 is 5.13 Å². The largest absolute Gasteiger partial charge is 0.355 e. The molecule has 1 aromatic rings. The molecule has 0 radical (unpaired) electrons. The van der Waals surface area contributed by atoms with Gasteiger partial charge in [-0.25, -0.2) is 0 Å². The zero-order valence-electron chi connectivity index (χ0n) is 5.51. The maximum absolute atomic E-state index is 5.50. The lowest BCUT2D eigenvalue weighted by Crippen LogP contribution is -2.47. The molecule has 0 atom stereocenters. The van der Waals surface area contributed by atoms with Gasteiger partial charge in [-0.1, -0.05) is 0 Å². The molecule has 0 amide bonds. The summed E-state index contributed by atoms with van der Waals surface area (Å²) in [4.78, 5) is 1.18. The van der Waals surface area contributed by atoms with Gasteiger partial charge in [0.15, 0.2) is 0 Å². The van der Waals surface area contributed by atoms with Crippen molar-refractivity contribution in [3.05, 3.63) is 10.6 Å². The van der Waals surface area contributed by atoms with E-state index in [9.17, 15) is 0 Å². The minimum Gasteiger partial charge on any atom is -0.276 e. The van der Waals surface area contributed by atoms with Crippen molar-refractivity contribution >= 4 is 16.5 Å². The number of nitrogen functional groups attached to an aromatic ring is 2. The predicted octanol–water partition coefficient (Wildman–Crippen LogP) is -0.0516. The monoisotopic (exact) mass is 144 g/mol. The second-order valence-electron chi connectivity index (χ2n) is 1.95. The predicted molar refractivity (Wildman–Crippen MR) is 38.6 cm³/mol. The summed E-state index contributed by atoms with van der Waals surface area (Å²) in [6, 6.07) is 0. The molecule has 1 rings (SSSR count). The summed E-state index contributed by atoms with van der Waals surface area (Å²) in [6.07, 6.45) is 0. The Balaban J connectivity index is 3.29. The van der Waals surface area contributed by atoms with Crippen LogP contribution in [0.25, 0.3) is 0 Å². The number of thiazole rings is 1. The van der Waals surface area contributed by atoms with Crippen molar-refractivity contribution in [1.29, 1.82) is 0 Å². The molecule has 0 saturated heterocycles. The molecule has 0 aliphatic carbocycles. The molecule has 0 aliphatic rings. The van der Waals surface area contributed by atoms with Gasteiger partial charge in [-0.15, -0.1) is 4.68 Å². The Morgan fingerprint density at radius 1 is 1.44 bits per heavy atom. The third kappa shape index (κ3) is 0.853. The normalized spacial score (nSPS) is 10.0. The minimum atomic E-state index is 0.657. The van der Waals surface area contributed by atoms with E-state index in [1.807, 2.05) is 13.8 Å². The van der Waals surface area contributed by atoms with E-state index in [-0.39, 0.29) is 0 Å². The van der Waals surface area contributed by atoms with E-state index in [2.05, 4.69) is 0 Å². The maximum Gasteiger partial charge on any atom is 0.355 e. The van der Waals surface area contributed by atoms with Crippen molar-refractivity contribution in [3.63, 3.8) is 0 Å². The standard InChI is InChI=1S/C5H9N3S/c1-3-4(2)9-5(6)8(3)7/h6H,7H2,1-2H3/p+1. The molecule has 0 aromatic carbocycles. The SMILES string of the molecule is Cc1sc(N)[n+](N)c1C. The van der Waals surface area contributed by atoms with E-state index >= 15 is 0 Å². The lowest BCUT2D eigenvalue weighted by Gasteiger charge is -1.86. The first kappa shape index (κ1) is 6.35. The van der Waals surface area contributed by atoms with Crippen molar-refractivity contribution in [2.75, 3.05) is 11.6 Å². The smallest absolute Gasteiger partial charge is 0.276 e. The van der Waals surface area contributed by atoms with Gasteiger partial charge in [-0.05, 0) is 18.3 Å². The van der Waals surface area contributed by atoms with Crippen LogP contribution in [0.15, 0.2) is 0 Å². The maximum atomic E-state index is 5.50. The zero-order valence-corrected chi connectivity index (χ0v) is 6.33. The summed E-state index contributed by atoms with van der Waals surface area (Å²) in [5.41, 5.74) is 6.54. The molecule has 50 valence electrons. The number of hydrogen-bond donors (Lipinski definition) is 2. The highest BCUT2D eigenvalue weighted by Crippen LogP contribution is 2.13. The number of aryl methyl sites for hydroxylation is 1. The highest BCUT2D eigenvalue weighted by atomic mass is 32.1. The quantitative estimate of drug-likeness (QED) is 0.396. The van der Waals surface area contributed by atoms with Crippen LogP contribution < -0.4 is 16.3 Å². The molecule has 4 heteroatoms. The van der Waals surface area contributed by atoms with Gasteiger partial charge in [0.2, 0.25) is 0 Å². The van der Waals surface area contributed by atoms with Gasteiger partial charge in [-0.3, -0.25) is 11.6 Å². The molecule has 9 heavy (non-hydrogen) atoms. The summed E-state index contributed by atoms with van der Waals surface area (Å²) in [5.74, 6) is 5.50. The summed E-state index contributed by atoms with van der Waals surface area (Å²) in [7, 11) is 0. The van der Waals surface area contributed by atoms with Crippen molar-refractivity contribution in [3.8, 4) is 0 Å². The van der Waals surface area contributed by atoms with Crippen LogP contribution in [0.5, 0.6) is 0 Å². The average molecular weight is 144 g/mol. The van der Waals surface area contributed by atoms with E-state index in [0.29, 0.717) is 5.13 Å². The lowest BCUT2D eigenvalue weighted by molar-refractivity contribution is -0.626. The summed E-state index contributed by atoms with van der Waals surface area (Å²) in [6.45, 7) is 3.95. The van der Waals surface area contributed by atoms with Crippen molar-refractivity contribution in [1.82, 2.24) is 0 Å². The van der Waals surface area contributed by atoms with E-state index in [1.165, 1.54) is 20.9 Å². The Hall–Kier alpha value is -0.770. The molecule has 0 saturated carbocycles. The Labute approximate surface area is 57.9 Å². The number of anilines is 1. The molecule has 0 spiro atoms. The Morgan fingerprint density at radius 3 is 2.11 bits per heavy atom. The van der Waals surface area contributed by atoms with Crippen LogP contribution in [0, 0.1) is 13.8 Å². The highest BCUT2D eigenvalue weighted by molar-refractivity contribution is 7.15. The molecule has 0 bridgehead atoms. The zero-order chi connectivity index (χ0) is 7.02. The molecular weight excluding hydrogens is 134 g/mol. The molecule has 3 nitrogen and oxygen atoms in total. The van der Waals surface area contributed by atoms with Gasteiger partial charge in [-0.2, -0.15) is 0 Å². The van der Waals surface area contributed by atoms with Crippen LogP contribution >= 0.6 is 11.3 Å². The first-order chi connectivity index (χ1) is 4.13. The number of nitrogens with two attached hydrogens (primary N) is 2. The summed E-state index contributed by atoms with van der Waals surface area (Å²) in [5, 5.41) is 0.657. The van der Waals surface area contributed by atoms with Crippen molar-refractivity contribution in [2.45, 2.75) is 13.8 Å². The Bertz CT molecular complexity index is 206. The highest BCUT2D eigenvalue weighted by Gasteiger charge is 2.10. The number of nitrogens with zero attached hydrogens (tertiary/aromatic N) is 1. The van der Waals surface area contributed by atoms with Gasteiger partial charge in [0, 0.05) is 6.92 Å². The van der Waals surface area contributed by atoms with Crippen LogP contribution in [0.1, 0.15) is 10.6 Å². The Kier molecular flexibility index (Phi) is 1.32. The first-order valence-corrected chi connectivity index (χ1v) is 3.47. The van der Waals surface area contributed by atoms with Gasteiger partial charge in [0.05, 0.1) is 4.88 Å². The van der Waals surface area contributed by atoms with Crippen LogP contribution in [-0.4, -0.2) is 0 Å². The van der Waals surface area contributed by atoms with E-state index < -0.39 is 0 Å². The number of rotatable bonds is 0. The molecule has 0 fully saturated rings. The second kappa shape index (κ2) is 1.88. The van der Waals surface area contributed by atoms with Gasteiger partial charge in [0.25, 0.3) is 0 Å². The fourth-order valence-corrected chi connectivity index (χ4v) is 1.41. The molecule has 1 aromatic heterocycles. The van der Waals surface area contributed by atoms with Crippen LogP contribution in [0.3, 0.4) is 0 Å². The average Bonchev–Trinajstić information content (AvgIpc) is 1.98. The fraction of sp³-hybridized carbons (Fsp3) is 0.400. The molecule has 1 heterocycles. The van der Waals surface area contributed by atoms with Crippen LogP contribution in [-0.2, 0) is 0 Å². The molecule has 0 aliphatic heterocycles. The molecular formula is C5H10N3S+. The van der Waals surface area contributed by atoms with Gasteiger partial charge < -0.3 is 0 Å². The van der Waals surface area contributed by atoms with Crippen LogP contribution in [0.4, 0.5) is 5.13 Å². The van der Waals surface area contributed by atoms with E-state index in [1.54, 1.807) is 0 Å². The number of hydrogen-bond acceptors (Lipinski definition) is 3. The summed E-state index contributed by atoms with van der Waals surface area (Å²) >= 11 is 1.51. The Morgan fingerprint density at radius 2 is 2.00 bits per heavy atom. The minimum absolute atomic E-state index is 0.657. The third-order valence-corrected chi connectivity index (χ3v) is 2.37. The number of aromatic nitrogens is 1. The fourth-order valence-electron chi connectivity index (χ4n) is 0.615. The van der Waals surface area contributed by atoms with Crippen molar-refractivity contribution in [2.24, 2.45) is 0 Å². The topological polar surface area (TPSA) is 55.9 Å². The van der Waals surface area contributed by atoms with E-state index in [0.717, 1.165) is 5.69 Å². The lowest BCUT2D eigenvalue weighted by atomic mass is 10.4. The molecule has 4 N–H and O–H groups in total. The third-order valence-electron chi connectivity index (χ3n) is 1.37. The first-order valence-electron chi connectivity index (χ1n) is 2.65. The van der Waals surface area contributed by atoms with Crippen molar-refractivity contribution < 1.29 is 4.68 Å². The second-order valence-corrected chi connectivity index (χ2v) is 3.19.